The zero-order valence-corrected chi connectivity index (χ0v) is 16.7. The minimum atomic E-state index is 0.503. The number of fused-ring (bicyclic) bond motifs is 1. The number of hydrogen-bond acceptors (Lipinski definition) is 3. The van der Waals surface area contributed by atoms with Crippen molar-refractivity contribution >= 4 is 33.9 Å². The van der Waals surface area contributed by atoms with Gasteiger partial charge in [0.25, 0.3) is 0 Å². The van der Waals surface area contributed by atoms with Crippen molar-refractivity contribution in [3.8, 4) is 0 Å². The van der Waals surface area contributed by atoms with Crippen molar-refractivity contribution in [1.82, 2.24) is 4.98 Å². The van der Waals surface area contributed by atoms with Gasteiger partial charge in [0.15, 0.2) is 0 Å². The minimum absolute atomic E-state index is 0.503. The van der Waals surface area contributed by atoms with Crippen LogP contribution in [0.3, 0.4) is 0 Å². The van der Waals surface area contributed by atoms with Crippen molar-refractivity contribution < 1.29 is 0 Å². The largest absolute Gasteiger partial charge is 0.382 e. The van der Waals surface area contributed by atoms with Gasteiger partial charge in [-0.05, 0) is 87.1 Å². The minimum Gasteiger partial charge on any atom is -0.382 e. The highest BCUT2D eigenvalue weighted by atomic mass is 35.5. The van der Waals surface area contributed by atoms with E-state index in [-0.39, 0.29) is 0 Å². The van der Waals surface area contributed by atoms with Crippen LogP contribution in [-0.2, 0) is 0 Å². The Bertz CT molecular complexity index is 925. The summed E-state index contributed by atoms with van der Waals surface area (Å²) in [6, 6.07) is 15.7. The molecule has 0 atom stereocenters. The monoisotopic (exact) mass is 379 g/mol. The molecule has 1 saturated carbocycles. The summed E-state index contributed by atoms with van der Waals surface area (Å²) in [7, 11) is 0. The number of benzene rings is 2. The van der Waals surface area contributed by atoms with E-state index in [0.29, 0.717) is 12.1 Å². The van der Waals surface area contributed by atoms with E-state index >= 15 is 0 Å². The van der Waals surface area contributed by atoms with Gasteiger partial charge in [0.2, 0.25) is 0 Å². The van der Waals surface area contributed by atoms with Crippen LogP contribution in [0.5, 0.6) is 0 Å². The summed E-state index contributed by atoms with van der Waals surface area (Å²) in [5.41, 5.74) is 5.98. The van der Waals surface area contributed by atoms with Gasteiger partial charge < -0.3 is 10.6 Å². The number of halogens is 1. The molecule has 0 spiro atoms. The van der Waals surface area contributed by atoms with Crippen LogP contribution >= 0.6 is 11.6 Å². The van der Waals surface area contributed by atoms with Crippen molar-refractivity contribution in [3.05, 3.63) is 64.8 Å². The Morgan fingerprint density at radius 1 is 0.852 bits per heavy atom. The summed E-state index contributed by atoms with van der Waals surface area (Å²) in [6.07, 6.45) is 6.55. The molecule has 0 saturated heterocycles. The number of rotatable bonds is 4. The first kappa shape index (κ1) is 18.1. The third-order valence-electron chi connectivity index (χ3n) is 5.38. The van der Waals surface area contributed by atoms with Gasteiger partial charge in [-0.3, -0.25) is 4.98 Å². The molecule has 2 N–H and O–H groups in total. The van der Waals surface area contributed by atoms with Crippen molar-refractivity contribution in [2.24, 2.45) is 0 Å². The topological polar surface area (TPSA) is 37.0 Å². The molecule has 4 rings (SSSR count). The predicted octanol–water partition coefficient (Wildman–Crippen LogP) is 6.34. The van der Waals surface area contributed by atoms with Crippen LogP contribution in [0.2, 0.25) is 5.02 Å². The van der Waals surface area contributed by atoms with E-state index in [1.165, 1.54) is 42.5 Å². The lowest BCUT2D eigenvalue weighted by molar-refractivity contribution is 0.429. The molecule has 1 fully saturated rings. The second kappa shape index (κ2) is 7.77. The fraction of sp³-hybridized carbons (Fsp3) is 0.348. The first-order chi connectivity index (χ1) is 13.1. The SMILES string of the molecule is Cc1cc(C)cc(NC2CCC(Nc3ccnc4cc(Cl)ccc34)CC2)c1. The van der Waals surface area contributed by atoms with Gasteiger partial charge in [0, 0.05) is 40.1 Å². The van der Waals surface area contributed by atoms with Crippen LogP contribution in [0.1, 0.15) is 36.8 Å². The quantitative estimate of drug-likeness (QED) is 0.555. The highest BCUT2D eigenvalue weighted by Crippen LogP contribution is 2.29. The Morgan fingerprint density at radius 2 is 1.52 bits per heavy atom. The Morgan fingerprint density at radius 3 is 2.22 bits per heavy atom. The summed E-state index contributed by atoms with van der Waals surface area (Å²) >= 11 is 6.10. The number of aryl methyl sites for hydroxylation is 2. The number of nitrogens with zero attached hydrogens (tertiary/aromatic N) is 1. The van der Waals surface area contributed by atoms with Crippen LogP contribution in [-0.4, -0.2) is 17.1 Å². The molecule has 0 bridgehead atoms. The van der Waals surface area contributed by atoms with Gasteiger partial charge in [0.1, 0.15) is 0 Å². The fourth-order valence-corrected chi connectivity index (χ4v) is 4.31. The highest BCUT2D eigenvalue weighted by molar-refractivity contribution is 6.31. The predicted molar refractivity (Wildman–Crippen MR) is 116 cm³/mol. The van der Waals surface area contributed by atoms with E-state index in [9.17, 15) is 0 Å². The number of nitrogens with one attached hydrogen (secondary N) is 2. The molecule has 0 radical (unpaired) electrons. The molecule has 0 unspecified atom stereocenters. The summed E-state index contributed by atoms with van der Waals surface area (Å²) in [4.78, 5) is 4.43. The first-order valence-corrected chi connectivity index (χ1v) is 10.1. The second-order valence-electron chi connectivity index (χ2n) is 7.73. The van der Waals surface area contributed by atoms with E-state index in [2.05, 4.69) is 59.8 Å². The molecule has 1 aromatic heterocycles. The molecule has 1 aliphatic carbocycles. The lowest BCUT2D eigenvalue weighted by Crippen LogP contribution is -2.32. The van der Waals surface area contributed by atoms with Gasteiger partial charge in [-0.15, -0.1) is 0 Å². The van der Waals surface area contributed by atoms with Gasteiger partial charge in [-0.1, -0.05) is 17.7 Å². The maximum atomic E-state index is 6.10. The molecular formula is C23H26ClN3. The van der Waals surface area contributed by atoms with Crippen molar-refractivity contribution in [1.29, 1.82) is 0 Å². The van der Waals surface area contributed by atoms with Crippen LogP contribution in [0, 0.1) is 13.8 Å². The Balaban J connectivity index is 1.38. The van der Waals surface area contributed by atoms with Gasteiger partial charge in [0.05, 0.1) is 5.52 Å². The lowest BCUT2D eigenvalue weighted by atomic mass is 9.90. The third-order valence-corrected chi connectivity index (χ3v) is 5.62. The van der Waals surface area contributed by atoms with Gasteiger partial charge in [-0.25, -0.2) is 0 Å². The average molecular weight is 380 g/mol. The highest BCUT2D eigenvalue weighted by Gasteiger charge is 2.21. The number of hydrogen-bond donors (Lipinski definition) is 2. The molecule has 3 nitrogen and oxygen atoms in total. The summed E-state index contributed by atoms with van der Waals surface area (Å²) in [5.74, 6) is 0. The molecule has 140 valence electrons. The molecule has 0 aliphatic heterocycles. The summed E-state index contributed by atoms with van der Waals surface area (Å²) in [5, 5.41) is 9.33. The van der Waals surface area contributed by atoms with Crippen LogP contribution in [0.15, 0.2) is 48.7 Å². The van der Waals surface area contributed by atoms with E-state index in [4.69, 9.17) is 11.6 Å². The summed E-state index contributed by atoms with van der Waals surface area (Å²) in [6.45, 7) is 4.32. The Labute approximate surface area is 166 Å². The van der Waals surface area contributed by atoms with Crippen LogP contribution in [0.25, 0.3) is 10.9 Å². The van der Waals surface area contributed by atoms with Crippen molar-refractivity contribution in [3.63, 3.8) is 0 Å². The summed E-state index contributed by atoms with van der Waals surface area (Å²) < 4.78 is 0. The zero-order valence-electron chi connectivity index (χ0n) is 15.9. The van der Waals surface area contributed by atoms with Gasteiger partial charge in [-0.2, -0.15) is 0 Å². The molecule has 27 heavy (non-hydrogen) atoms. The third kappa shape index (κ3) is 4.36. The fourth-order valence-electron chi connectivity index (χ4n) is 4.14. The molecular weight excluding hydrogens is 354 g/mol. The number of anilines is 2. The van der Waals surface area contributed by atoms with E-state index in [0.717, 1.165) is 21.6 Å². The number of pyridine rings is 1. The Hall–Kier alpha value is -2.26. The van der Waals surface area contributed by atoms with E-state index in [1.54, 1.807) is 0 Å². The maximum Gasteiger partial charge on any atom is 0.0737 e. The lowest BCUT2D eigenvalue weighted by Gasteiger charge is -2.31. The smallest absolute Gasteiger partial charge is 0.0737 e. The normalized spacial score (nSPS) is 19.8. The van der Waals surface area contributed by atoms with E-state index in [1.807, 2.05) is 18.3 Å². The van der Waals surface area contributed by atoms with Crippen LogP contribution < -0.4 is 10.6 Å². The molecule has 4 heteroatoms. The Kier molecular flexibility index (Phi) is 5.22. The standard InChI is InChI=1S/C23H26ClN3/c1-15-11-16(2)13-20(12-15)26-18-4-6-19(7-5-18)27-22-9-10-25-23-14-17(24)3-8-21(22)23/h3,8-14,18-19,26H,4-7H2,1-2H3,(H,25,27). The van der Waals surface area contributed by atoms with Crippen molar-refractivity contribution in [2.45, 2.75) is 51.6 Å². The molecule has 0 amide bonds. The molecule has 1 aliphatic rings. The van der Waals surface area contributed by atoms with Crippen LogP contribution in [0.4, 0.5) is 11.4 Å². The van der Waals surface area contributed by atoms with Crippen molar-refractivity contribution in [2.75, 3.05) is 10.6 Å². The zero-order chi connectivity index (χ0) is 18.8. The van der Waals surface area contributed by atoms with Gasteiger partial charge >= 0.3 is 0 Å². The molecule has 2 aromatic carbocycles. The second-order valence-corrected chi connectivity index (χ2v) is 8.17. The number of aromatic nitrogens is 1. The average Bonchev–Trinajstić information content (AvgIpc) is 2.62. The molecule has 1 heterocycles. The van der Waals surface area contributed by atoms with E-state index < -0.39 is 0 Å². The molecule has 3 aromatic rings. The maximum absolute atomic E-state index is 6.10. The first-order valence-electron chi connectivity index (χ1n) is 9.72.